The summed E-state index contributed by atoms with van der Waals surface area (Å²) < 4.78 is 46.4. The lowest BCUT2D eigenvalue weighted by atomic mass is 9.44. The van der Waals surface area contributed by atoms with Crippen molar-refractivity contribution in [2.75, 3.05) is 12.6 Å². The average molecular weight is 514 g/mol. The molecule has 10 atom stereocenters. The maximum Gasteiger partial charge on any atom is 0.226 e. The number of aliphatic hydroxyl groups excluding tert-OH is 1. The standard InChI is InChI=1S/C26H34F3NO4S/c1-5-14(2)30-12-15-8-17-18-10-20(28)19-9-16(31)6-7-23(19,3)25(18,29)21(32)11-24(17,4)26(15,34-30)22(33)35-13-27/h6-7,9,14-15,17-18,20-21,32H,5,8,10-13H2,1-4H3/t14?,15-,17-,18-,20-,21-,23-,24-,25-,26-/m0/s1. The van der Waals surface area contributed by atoms with Crippen molar-refractivity contribution in [3.63, 3.8) is 0 Å². The summed E-state index contributed by atoms with van der Waals surface area (Å²) in [6.45, 7) is 7.83. The lowest BCUT2D eigenvalue weighted by molar-refractivity contribution is -0.271. The van der Waals surface area contributed by atoms with E-state index in [0.29, 0.717) is 24.7 Å². The normalized spacial score (nSPS) is 49.7. The van der Waals surface area contributed by atoms with E-state index in [1.807, 2.05) is 20.8 Å². The van der Waals surface area contributed by atoms with Gasteiger partial charge in [-0.2, -0.15) is 5.06 Å². The molecule has 4 fully saturated rings. The van der Waals surface area contributed by atoms with Gasteiger partial charge in [0, 0.05) is 35.3 Å². The van der Waals surface area contributed by atoms with Crippen molar-refractivity contribution in [1.82, 2.24) is 5.06 Å². The highest BCUT2D eigenvalue weighted by Crippen LogP contribution is 2.73. The van der Waals surface area contributed by atoms with Gasteiger partial charge in [0.05, 0.1) is 6.10 Å². The third-order valence-electron chi connectivity index (χ3n) is 10.2. The molecule has 194 valence electrons. The van der Waals surface area contributed by atoms with Gasteiger partial charge >= 0.3 is 0 Å². The first-order valence-corrected chi connectivity index (χ1v) is 13.5. The number of hydroxylamine groups is 2. The summed E-state index contributed by atoms with van der Waals surface area (Å²) in [5.41, 5.74) is -6.04. The van der Waals surface area contributed by atoms with E-state index in [9.17, 15) is 19.1 Å². The van der Waals surface area contributed by atoms with Crippen LogP contribution in [0.1, 0.15) is 53.4 Å². The average Bonchev–Trinajstić information content (AvgIpc) is 3.31. The molecule has 5 rings (SSSR count). The molecule has 0 spiro atoms. The Morgan fingerprint density at radius 1 is 1.34 bits per heavy atom. The van der Waals surface area contributed by atoms with Gasteiger partial charge in [0.2, 0.25) is 5.12 Å². The Morgan fingerprint density at radius 2 is 2.06 bits per heavy atom. The summed E-state index contributed by atoms with van der Waals surface area (Å²) in [4.78, 5) is 32.0. The molecule has 0 aromatic heterocycles. The number of thioether (sulfide) groups is 1. The summed E-state index contributed by atoms with van der Waals surface area (Å²) in [7, 11) is 0. The maximum atomic E-state index is 17.3. The van der Waals surface area contributed by atoms with Crippen LogP contribution in [0.4, 0.5) is 13.2 Å². The summed E-state index contributed by atoms with van der Waals surface area (Å²) in [6.07, 6.45) is 1.72. The first kappa shape index (κ1) is 25.5. The lowest BCUT2D eigenvalue weighted by Gasteiger charge is -2.63. The number of rotatable bonds is 4. The van der Waals surface area contributed by atoms with Crippen LogP contribution in [0, 0.1) is 28.6 Å². The number of hydrogen-bond acceptors (Lipinski definition) is 6. The Bertz CT molecular complexity index is 1010. The van der Waals surface area contributed by atoms with Gasteiger partial charge in [0.1, 0.15) is 12.2 Å². The second kappa shape index (κ2) is 8.17. The summed E-state index contributed by atoms with van der Waals surface area (Å²) in [5, 5.41) is 12.8. The van der Waals surface area contributed by atoms with Crippen LogP contribution in [-0.2, 0) is 14.4 Å². The number of carbonyl (C=O) groups excluding carboxylic acids is 2. The van der Waals surface area contributed by atoms with E-state index in [4.69, 9.17) is 4.84 Å². The van der Waals surface area contributed by atoms with Gasteiger partial charge < -0.3 is 5.11 Å². The molecule has 1 unspecified atom stereocenters. The molecule has 0 aromatic rings. The Morgan fingerprint density at radius 3 is 2.71 bits per heavy atom. The summed E-state index contributed by atoms with van der Waals surface area (Å²) >= 11 is 0.555. The molecule has 5 aliphatic rings. The molecule has 35 heavy (non-hydrogen) atoms. The predicted octanol–water partition coefficient (Wildman–Crippen LogP) is 4.50. The molecule has 1 N–H and O–H groups in total. The fourth-order valence-corrected chi connectivity index (χ4v) is 8.99. The zero-order valence-electron chi connectivity index (χ0n) is 20.6. The Kier molecular flexibility index (Phi) is 5.95. The van der Waals surface area contributed by atoms with E-state index in [0.717, 1.165) is 6.42 Å². The first-order valence-electron chi connectivity index (χ1n) is 12.6. The van der Waals surface area contributed by atoms with Gasteiger partial charge in [-0.3, -0.25) is 14.4 Å². The number of alkyl halides is 3. The highest BCUT2D eigenvalue weighted by molar-refractivity contribution is 8.13. The fourth-order valence-electron chi connectivity index (χ4n) is 8.24. The van der Waals surface area contributed by atoms with Crippen molar-refractivity contribution in [2.45, 2.75) is 83.0 Å². The van der Waals surface area contributed by atoms with Crippen LogP contribution in [0.3, 0.4) is 0 Å². The van der Waals surface area contributed by atoms with E-state index in [1.165, 1.54) is 18.2 Å². The van der Waals surface area contributed by atoms with Crippen molar-refractivity contribution < 1.29 is 32.7 Å². The molecule has 0 radical (unpaired) electrons. The lowest BCUT2D eigenvalue weighted by Crippen LogP contribution is -2.70. The molecule has 4 aliphatic carbocycles. The van der Waals surface area contributed by atoms with Gasteiger partial charge in [-0.1, -0.05) is 31.7 Å². The van der Waals surface area contributed by atoms with Crippen LogP contribution >= 0.6 is 11.8 Å². The van der Waals surface area contributed by atoms with Crippen molar-refractivity contribution in [2.24, 2.45) is 28.6 Å². The van der Waals surface area contributed by atoms with E-state index >= 15 is 8.78 Å². The molecule has 1 saturated heterocycles. The fraction of sp³-hybridized carbons (Fsp3) is 0.769. The van der Waals surface area contributed by atoms with Gasteiger partial charge in [-0.05, 0) is 63.2 Å². The molecule has 3 saturated carbocycles. The van der Waals surface area contributed by atoms with Crippen LogP contribution < -0.4 is 0 Å². The Balaban J connectivity index is 1.62. The van der Waals surface area contributed by atoms with E-state index in [1.54, 1.807) is 12.0 Å². The number of allylic oxidation sites excluding steroid dienone is 4. The van der Waals surface area contributed by atoms with Crippen LogP contribution in [-0.4, -0.2) is 63.2 Å². The quantitative estimate of drug-likeness (QED) is 0.597. The van der Waals surface area contributed by atoms with Crippen molar-refractivity contribution >= 4 is 22.7 Å². The van der Waals surface area contributed by atoms with Gasteiger partial charge in [-0.15, -0.1) is 0 Å². The highest BCUT2D eigenvalue weighted by Gasteiger charge is 2.79. The summed E-state index contributed by atoms with van der Waals surface area (Å²) in [6, 6.07) is -0.880. The molecular weight excluding hydrogens is 479 g/mol. The smallest absolute Gasteiger partial charge is 0.226 e. The van der Waals surface area contributed by atoms with Crippen LogP contribution in [0.25, 0.3) is 0 Å². The van der Waals surface area contributed by atoms with Crippen LogP contribution in [0.2, 0.25) is 0 Å². The third-order valence-corrected chi connectivity index (χ3v) is 10.9. The van der Waals surface area contributed by atoms with Crippen molar-refractivity contribution in [3.8, 4) is 0 Å². The minimum absolute atomic E-state index is 0.0258. The predicted molar refractivity (Wildman–Crippen MR) is 126 cm³/mol. The molecule has 0 aromatic carbocycles. The number of halogens is 3. The third kappa shape index (κ3) is 3.01. The number of fused-ring (bicyclic) bond motifs is 7. The second-order valence-corrected chi connectivity index (χ2v) is 12.4. The van der Waals surface area contributed by atoms with Gasteiger partial charge in [-0.25, -0.2) is 13.2 Å². The van der Waals surface area contributed by atoms with Crippen LogP contribution in [0.15, 0.2) is 23.8 Å². The van der Waals surface area contributed by atoms with Crippen molar-refractivity contribution in [1.29, 1.82) is 0 Å². The number of ketones is 1. The van der Waals surface area contributed by atoms with Crippen LogP contribution in [0.5, 0.6) is 0 Å². The highest BCUT2D eigenvalue weighted by atomic mass is 32.2. The zero-order chi connectivity index (χ0) is 25.6. The van der Waals surface area contributed by atoms with E-state index in [-0.39, 0.29) is 36.2 Å². The Hall–Kier alpha value is -1.16. The minimum atomic E-state index is -2.21. The number of nitrogens with zero attached hydrogens (tertiary/aromatic N) is 1. The first-order chi connectivity index (χ1) is 16.4. The monoisotopic (exact) mass is 513 g/mol. The van der Waals surface area contributed by atoms with E-state index in [2.05, 4.69) is 0 Å². The molecule has 5 nitrogen and oxygen atoms in total. The van der Waals surface area contributed by atoms with Gasteiger partial charge in [0.15, 0.2) is 17.1 Å². The Labute approximate surface area is 208 Å². The number of aliphatic hydroxyl groups is 1. The molecule has 0 amide bonds. The molecule has 1 aliphatic heterocycles. The largest absolute Gasteiger partial charge is 0.390 e. The van der Waals surface area contributed by atoms with Crippen molar-refractivity contribution in [3.05, 3.63) is 23.8 Å². The topological polar surface area (TPSA) is 66.8 Å². The molecule has 1 heterocycles. The number of hydrogen-bond donors (Lipinski definition) is 1. The molecule has 9 heteroatoms. The molecular formula is C26H34F3NO4S. The number of carbonyl (C=O) groups is 2. The SMILES string of the molecule is CCC(C)N1C[C@@H]2C[C@H]3[C@@H]4C[C@H](F)C5=CC(=O)C=C[C@]5(C)[C@@]4(F)[C@@H](O)C[C@]3(C)[C@]2(C(=O)SCF)O1. The minimum Gasteiger partial charge on any atom is -0.390 e. The second-order valence-electron chi connectivity index (χ2n) is 11.5. The zero-order valence-corrected chi connectivity index (χ0v) is 21.4. The molecule has 0 bridgehead atoms. The maximum absolute atomic E-state index is 17.3. The summed E-state index contributed by atoms with van der Waals surface area (Å²) in [5.74, 6) is -2.05. The van der Waals surface area contributed by atoms with E-state index < -0.39 is 57.3 Å². The van der Waals surface area contributed by atoms with Gasteiger partial charge in [0.25, 0.3) is 0 Å².